The van der Waals surface area contributed by atoms with Gasteiger partial charge in [0.05, 0.1) is 10.4 Å². The molecule has 1 unspecified atom stereocenters. The van der Waals surface area contributed by atoms with Gasteiger partial charge in [0.25, 0.3) is 6.43 Å². The fourth-order valence-corrected chi connectivity index (χ4v) is 4.87. The molecule has 1 saturated heterocycles. The predicted octanol–water partition coefficient (Wildman–Crippen LogP) is 4.21. The predicted molar refractivity (Wildman–Crippen MR) is 105 cm³/mol. The fraction of sp³-hybridized carbons (Fsp3) is 0.263. The largest absolute Gasteiger partial charge is 0.368 e. The Bertz CT molecular complexity index is 1000. The van der Waals surface area contributed by atoms with Gasteiger partial charge in [-0.15, -0.1) is 0 Å². The van der Waals surface area contributed by atoms with Crippen molar-refractivity contribution < 1.29 is 13.0 Å². The summed E-state index contributed by atoms with van der Waals surface area (Å²) in [5.74, 6) is 0. The first-order chi connectivity index (χ1) is 13.1. The highest BCUT2D eigenvalue weighted by Crippen LogP contribution is 2.37. The van der Waals surface area contributed by atoms with Crippen molar-refractivity contribution in [3.63, 3.8) is 0 Å². The highest BCUT2D eigenvalue weighted by Gasteiger charge is 2.24. The number of halogens is 3. The molecule has 1 aromatic heterocycles. The molecule has 4 rings (SSSR count). The number of rotatable bonds is 4. The van der Waals surface area contributed by atoms with Crippen LogP contribution in [0.4, 0.5) is 14.5 Å². The highest BCUT2D eigenvalue weighted by molar-refractivity contribution is 7.83. The van der Waals surface area contributed by atoms with Crippen molar-refractivity contribution in [3.05, 3.63) is 59.2 Å². The van der Waals surface area contributed by atoms with Gasteiger partial charge in [-0.1, -0.05) is 23.7 Å². The van der Waals surface area contributed by atoms with Gasteiger partial charge in [0, 0.05) is 54.0 Å². The molecule has 0 spiro atoms. The van der Waals surface area contributed by atoms with Gasteiger partial charge in [-0.05, 0) is 30.3 Å². The van der Waals surface area contributed by atoms with Gasteiger partial charge in [0.15, 0.2) is 11.0 Å². The lowest BCUT2D eigenvalue weighted by Gasteiger charge is -2.30. The molecule has 4 nitrogen and oxygen atoms in total. The molecule has 2 aromatic carbocycles. The third-order valence-electron chi connectivity index (χ3n) is 4.67. The summed E-state index contributed by atoms with van der Waals surface area (Å²) < 4.78 is 42.1. The van der Waals surface area contributed by atoms with Crippen LogP contribution >= 0.6 is 11.6 Å². The number of nitrogens with zero attached hydrogens (tertiary/aromatic N) is 2. The first kappa shape index (κ1) is 18.4. The molecular formula is C19H18ClF2N3OS. The maximum Gasteiger partial charge on any atom is 0.266 e. The van der Waals surface area contributed by atoms with Crippen LogP contribution in [0.5, 0.6) is 0 Å². The lowest BCUT2D eigenvalue weighted by Crippen LogP contribution is -2.43. The van der Waals surface area contributed by atoms with Crippen LogP contribution in [0.1, 0.15) is 12.0 Å². The zero-order valence-corrected chi connectivity index (χ0v) is 15.9. The summed E-state index contributed by atoms with van der Waals surface area (Å²) in [6.45, 7) is 3.08. The number of hydrogen-bond acceptors (Lipinski definition) is 3. The summed E-state index contributed by atoms with van der Waals surface area (Å²) >= 11 is 6.00. The Hall–Kier alpha value is -1.96. The number of fused-ring (bicyclic) bond motifs is 1. The molecule has 1 aliphatic heterocycles. The van der Waals surface area contributed by atoms with Gasteiger partial charge in [0.1, 0.15) is 0 Å². The molecule has 0 bridgehead atoms. The van der Waals surface area contributed by atoms with E-state index < -0.39 is 17.4 Å². The average Bonchev–Trinajstić information content (AvgIpc) is 3.08. The van der Waals surface area contributed by atoms with Gasteiger partial charge in [-0.2, -0.15) is 0 Å². The lowest BCUT2D eigenvalue weighted by atomic mass is 10.1. The van der Waals surface area contributed by atoms with E-state index in [4.69, 9.17) is 11.6 Å². The smallest absolute Gasteiger partial charge is 0.266 e. The zero-order chi connectivity index (χ0) is 19.0. The molecule has 8 heteroatoms. The minimum absolute atomic E-state index is 0.102. The molecular weight excluding hydrogens is 392 g/mol. The number of aromatic nitrogens is 1. The molecule has 1 fully saturated rings. The Balaban J connectivity index is 1.88. The summed E-state index contributed by atoms with van der Waals surface area (Å²) in [5, 5.41) is 4.18. The van der Waals surface area contributed by atoms with E-state index >= 15 is 0 Å². The van der Waals surface area contributed by atoms with Crippen LogP contribution in [0, 0.1) is 0 Å². The second-order valence-electron chi connectivity index (χ2n) is 6.33. The number of nitrogens with one attached hydrogen (secondary N) is 1. The molecule has 0 saturated carbocycles. The summed E-state index contributed by atoms with van der Waals surface area (Å²) in [6, 6.07) is 12.1. The third kappa shape index (κ3) is 3.47. The summed E-state index contributed by atoms with van der Waals surface area (Å²) in [7, 11) is -1.67. The van der Waals surface area contributed by atoms with Gasteiger partial charge < -0.3 is 10.2 Å². The van der Waals surface area contributed by atoms with Crippen LogP contribution in [0.3, 0.4) is 0 Å². The highest BCUT2D eigenvalue weighted by atomic mass is 35.5. The van der Waals surface area contributed by atoms with E-state index in [0.29, 0.717) is 20.8 Å². The number of piperazine rings is 1. The van der Waals surface area contributed by atoms with Crippen molar-refractivity contribution in [3.8, 4) is 0 Å². The molecule has 27 heavy (non-hydrogen) atoms. The van der Waals surface area contributed by atoms with Crippen molar-refractivity contribution in [1.29, 1.82) is 0 Å². The maximum absolute atomic E-state index is 13.8. The van der Waals surface area contributed by atoms with E-state index in [1.807, 2.05) is 12.1 Å². The van der Waals surface area contributed by atoms with E-state index in [9.17, 15) is 13.0 Å². The second-order valence-corrected chi connectivity index (χ2v) is 8.13. The number of hydrogen-bond donors (Lipinski definition) is 1. The van der Waals surface area contributed by atoms with Crippen molar-refractivity contribution in [2.24, 2.45) is 0 Å². The van der Waals surface area contributed by atoms with Crippen molar-refractivity contribution in [2.45, 2.75) is 11.3 Å². The Kier molecular flexibility index (Phi) is 5.16. The Morgan fingerprint density at radius 3 is 2.56 bits per heavy atom. The normalized spacial score (nSPS) is 16.2. The Morgan fingerprint density at radius 1 is 1.11 bits per heavy atom. The molecule has 1 atom stereocenters. The first-order valence-electron chi connectivity index (χ1n) is 8.62. The van der Waals surface area contributed by atoms with Crippen LogP contribution in [-0.2, 0) is 11.0 Å². The van der Waals surface area contributed by atoms with E-state index in [2.05, 4.69) is 10.2 Å². The van der Waals surface area contributed by atoms with Gasteiger partial charge in [-0.3, -0.25) is 3.97 Å². The van der Waals surface area contributed by atoms with Crippen LogP contribution < -0.4 is 10.2 Å². The number of anilines is 1. The molecule has 1 aliphatic rings. The van der Waals surface area contributed by atoms with E-state index in [0.717, 1.165) is 31.9 Å². The minimum Gasteiger partial charge on any atom is -0.368 e. The molecule has 142 valence electrons. The average molecular weight is 410 g/mol. The molecule has 0 aliphatic carbocycles. The molecule has 3 aromatic rings. The van der Waals surface area contributed by atoms with Gasteiger partial charge in [0.2, 0.25) is 0 Å². The number of benzene rings is 2. The van der Waals surface area contributed by atoms with E-state index in [1.165, 1.54) is 10.2 Å². The Morgan fingerprint density at radius 2 is 1.85 bits per heavy atom. The number of alkyl halides is 2. The second kappa shape index (κ2) is 7.58. The van der Waals surface area contributed by atoms with E-state index in [1.54, 1.807) is 30.3 Å². The van der Waals surface area contributed by atoms with Gasteiger partial charge in [-0.25, -0.2) is 13.0 Å². The summed E-state index contributed by atoms with van der Waals surface area (Å²) in [6.07, 6.45) is -1.35. The molecule has 0 radical (unpaired) electrons. The topological polar surface area (TPSA) is 37.3 Å². The van der Waals surface area contributed by atoms with Crippen molar-refractivity contribution >= 4 is 39.2 Å². The standard InChI is InChI=1S/C19H18ClF2N3OS/c20-13-3-1-4-14(11-13)27(26)25-12-15(19(21)22)18-16(5-2-6-17(18)25)24-9-7-23-8-10-24/h1-6,11-12,19,23H,7-10H2. The zero-order valence-electron chi connectivity index (χ0n) is 14.4. The minimum atomic E-state index is -2.66. The lowest BCUT2D eigenvalue weighted by molar-refractivity contribution is 0.153. The fourth-order valence-electron chi connectivity index (χ4n) is 3.43. The molecule has 0 amide bonds. The van der Waals surface area contributed by atoms with Crippen LogP contribution in [0.2, 0.25) is 5.02 Å². The van der Waals surface area contributed by atoms with Crippen LogP contribution in [0.25, 0.3) is 10.9 Å². The van der Waals surface area contributed by atoms with Crippen molar-refractivity contribution in [2.75, 3.05) is 31.1 Å². The Labute approximate surface area is 163 Å². The van der Waals surface area contributed by atoms with Crippen molar-refractivity contribution in [1.82, 2.24) is 9.29 Å². The van der Waals surface area contributed by atoms with Crippen LogP contribution in [-0.4, -0.2) is 34.4 Å². The van der Waals surface area contributed by atoms with Gasteiger partial charge >= 0.3 is 0 Å². The maximum atomic E-state index is 13.8. The summed E-state index contributed by atoms with van der Waals surface area (Å²) in [4.78, 5) is 2.56. The first-order valence-corrected chi connectivity index (χ1v) is 10.1. The quantitative estimate of drug-likeness (QED) is 0.701. The molecule has 1 N–H and O–H groups in total. The van der Waals surface area contributed by atoms with Crippen LogP contribution in [0.15, 0.2) is 53.6 Å². The monoisotopic (exact) mass is 409 g/mol. The summed E-state index contributed by atoms with van der Waals surface area (Å²) in [5.41, 5.74) is 1.18. The van der Waals surface area contributed by atoms with E-state index in [-0.39, 0.29) is 5.56 Å². The molecule has 2 heterocycles. The SMILES string of the molecule is O=S(c1cccc(Cl)c1)n1cc(C(F)F)c2c(N3CCNCC3)cccc21. The third-order valence-corrected chi connectivity index (χ3v) is 6.22.